The fraction of sp³-hybridized carbons (Fsp3) is 0.0588. The fourth-order valence-corrected chi connectivity index (χ4v) is 2.72. The smallest absolute Gasteiger partial charge is 0.128 e. The van der Waals surface area contributed by atoms with Crippen molar-refractivity contribution in [3.63, 3.8) is 0 Å². The molecule has 4 heteroatoms. The molecule has 0 heterocycles. The molecule has 0 aromatic heterocycles. The first-order chi connectivity index (χ1) is 10.2. The standard InChI is InChI=1S/C17H12BrClO2/c18-14-4-1-12-8-15(5-2-11(12)7-14)21-16-6-3-13(10-20)17(19)9-16/h1-9,20H,10H2. The molecule has 0 unspecified atom stereocenters. The van der Waals surface area contributed by atoms with E-state index in [9.17, 15) is 0 Å². The van der Waals surface area contributed by atoms with E-state index in [0.29, 0.717) is 16.3 Å². The zero-order chi connectivity index (χ0) is 14.8. The summed E-state index contributed by atoms with van der Waals surface area (Å²) in [5.41, 5.74) is 0.687. The molecule has 0 saturated carbocycles. The van der Waals surface area contributed by atoms with Gasteiger partial charge in [-0.2, -0.15) is 0 Å². The van der Waals surface area contributed by atoms with Crippen LogP contribution in [0.2, 0.25) is 5.02 Å². The predicted octanol–water partition coefficient (Wildman–Crippen LogP) is 5.54. The molecule has 0 amide bonds. The van der Waals surface area contributed by atoms with Gasteiger partial charge in [0.05, 0.1) is 6.61 Å². The number of aliphatic hydroxyl groups is 1. The maximum absolute atomic E-state index is 9.11. The summed E-state index contributed by atoms with van der Waals surface area (Å²) in [6.07, 6.45) is 0. The van der Waals surface area contributed by atoms with Gasteiger partial charge in [-0.15, -0.1) is 0 Å². The van der Waals surface area contributed by atoms with Crippen LogP contribution in [0.1, 0.15) is 5.56 Å². The molecule has 0 aliphatic carbocycles. The van der Waals surface area contributed by atoms with Crippen LogP contribution in [0.3, 0.4) is 0 Å². The highest BCUT2D eigenvalue weighted by molar-refractivity contribution is 9.10. The van der Waals surface area contributed by atoms with Crippen LogP contribution in [0.25, 0.3) is 10.8 Å². The summed E-state index contributed by atoms with van der Waals surface area (Å²) in [6.45, 7) is -0.0794. The lowest BCUT2D eigenvalue weighted by Gasteiger charge is -2.09. The molecule has 1 N–H and O–H groups in total. The Morgan fingerprint density at radius 1 is 0.905 bits per heavy atom. The summed E-state index contributed by atoms with van der Waals surface area (Å²) in [5.74, 6) is 1.39. The van der Waals surface area contributed by atoms with Crippen LogP contribution >= 0.6 is 27.5 Å². The lowest BCUT2D eigenvalue weighted by molar-refractivity contribution is 0.282. The minimum absolute atomic E-state index is 0.0794. The summed E-state index contributed by atoms with van der Waals surface area (Å²) in [4.78, 5) is 0. The first-order valence-corrected chi connectivity index (χ1v) is 7.59. The van der Waals surface area contributed by atoms with Crippen molar-refractivity contribution < 1.29 is 9.84 Å². The Bertz CT molecular complexity index is 802. The number of fused-ring (bicyclic) bond motifs is 1. The van der Waals surface area contributed by atoms with E-state index in [0.717, 1.165) is 21.0 Å². The van der Waals surface area contributed by atoms with E-state index in [2.05, 4.69) is 22.0 Å². The number of ether oxygens (including phenoxy) is 1. The number of hydrogen-bond acceptors (Lipinski definition) is 2. The lowest BCUT2D eigenvalue weighted by Crippen LogP contribution is -1.88. The van der Waals surface area contributed by atoms with Crippen LogP contribution in [0, 0.1) is 0 Å². The molecule has 3 aromatic carbocycles. The van der Waals surface area contributed by atoms with Crippen LogP contribution in [-0.2, 0) is 6.61 Å². The molecule has 0 radical (unpaired) electrons. The van der Waals surface area contributed by atoms with Gasteiger partial charge in [0.25, 0.3) is 0 Å². The molecular formula is C17H12BrClO2. The van der Waals surface area contributed by atoms with Crippen molar-refractivity contribution >= 4 is 38.3 Å². The molecule has 2 nitrogen and oxygen atoms in total. The highest BCUT2D eigenvalue weighted by atomic mass is 79.9. The Morgan fingerprint density at radius 3 is 2.33 bits per heavy atom. The van der Waals surface area contributed by atoms with Crippen molar-refractivity contribution in [2.75, 3.05) is 0 Å². The van der Waals surface area contributed by atoms with E-state index in [1.807, 2.05) is 30.3 Å². The Balaban J connectivity index is 1.91. The zero-order valence-electron chi connectivity index (χ0n) is 11.0. The summed E-state index contributed by atoms with van der Waals surface area (Å²) in [5, 5.41) is 11.9. The summed E-state index contributed by atoms with van der Waals surface area (Å²) in [7, 11) is 0. The van der Waals surface area contributed by atoms with Gasteiger partial charge in [-0.05, 0) is 52.7 Å². The van der Waals surface area contributed by atoms with E-state index in [1.165, 1.54) is 0 Å². The highest BCUT2D eigenvalue weighted by Crippen LogP contribution is 2.29. The quantitative estimate of drug-likeness (QED) is 0.662. The Kier molecular flexibility index (Phi) is 4.15. The van der Waals surface area contributed by atoms with Gasteiger partial charge >= 0.3 is 0 Å². The van der Waals surface area contributed by atoms with Crippen molar-refractivity contribution in [1.82, 2.24) is 0 Å². The van der Waals surface area contributed by atoms with Gasteiger partial charge in [-0.1, -0.05) is 45.7 Å². The van der Waals surface area contributed by atoms with Crippen LogP contribution < -0.4 is 4.74 Å². The maximum atomic E-state index is 9.11. The molecule has 0 atom stereocenters. The lowest BCUT2D eigenvalue weighted by atomic mass is 10.1. The number of benzene rings is 3. The topological polar surface area (TPSA) is 29.5 Å². The second-order valence-corrected chi connectivity index (χ2v) is 5.99. The van der Waals surface area contributed by atoms with E-state index in [4.69, 9.17) is 21.4 Å². The molecule has 3 aromatic rings. The van der Waals surface area contributed by atoms with Crippen LogP contribution in [-0.4, -0.2) is 5.11 Å². The minimum Gasteiger partial charge on any atom is -0.457 e. The zero-order valence-corrected chi connectivity index (χ0v) is 13.4. The third-order valence-corrected chi connectivity index (χ3v) is 4.05. The molecule has 0 spiro atoms. The molecule has 106 valence electrons. The molecule has 3 rings (SSSR count). The molecule has 0 aliphatic heterocycles. The van der Waals surface area contributed by atoms with Gasteiger partial charge in [0, 0.05) is 9.50 Å². The first kappa shape index (κ1) is 14.4. The molecular weight excluding hydrogens is 352 g/mol. The molecule has 0 fully saturated rings. The van der Waals surface area contributed by atoms with Gasteiger partial charge in [-0.3, -0.25) is 0 Å². The second kappa shape index (κ2) is 6.06. The van der Waals surface area contributed by atoms with E-state index >= 15 is 0 Å². The minimum atomic E-state index is -0.0794. The molecule has 21 heavy (non-hydrogen) atoms. The summed E-state index contributed by atoms with van der Waals surface area (Å²) >= 11 is 9.52. The van der Waals surface area contributed by atoms with Gasteiger partial charge < -0.3 is 9.84 Å². The van der Waals surface area contributed by atoms with Crippen molar-refractivity contribution in [1.29, 1.82) is 0 Å². The van der Waals surface area contributed by atoms with E-state index in [1.54, 1.807) is 18.2 Å². The van der Waals surface area contributed by atoms with Crippen molar-refractivity contribution in [3.8, 4) is 11.5 Å². The highest BCUT2D eigenvalue weighted by Gasteiger charge is 2.04. The van der Waals surface area contributed by atoms with Crippen molar-refractivity contribution in [2.24, 2.45) is 0 Å². The number of rotatable bonds is 3. The predicted molar refractivity (Wildman–Crippen MR) is 89.1 cm³/mol. The number of hydrogen-bond donors (Lipinski definition) is 1. The molecule has 0 saturated heterocycles. The largest absolute Gasteiger partial charge is 0.457 e. The average Bonchev–Trinajstić information content (AvgIpc) is 2.48. The van der Waals surface area contributed by atoms with Crippen LogP contribution in [0.5, 0.6) is 11.5 Å². The SMILES string of the molecule is OCc1ccc(Oc2ccc3cc(Br)ccc3c2)cc1Cl. The third kappa shape index (κ3) is 3.21. The molecule has 0 bridgehead atoms. The van der Waals surface area contributed by atoms with Crippen LogP contribution in [0.4, 0.5) is 0 Å². The number of aliphatic hydroxyl groups excluding tert-OH is 1. The first-order valence-electron chi connectivity index (χ1n) is 6.42. The summed E-state index contributed by atoms with van der Waals surface area (Å²) in [6, 6.07) is 17.3. The van der Waals surface area contributed by atoms with Gasteiger partial charge in [0.1, 0.15) is 11.5 Å². The van der Waals surface area contributed by atoms with Gasteiger partial charge in [0.15, 0.2) is 0 Å². The second-order valence-electron chi connectivity index (χ2n) is 4.67. The van der Waals surface area contributed by atoms with Crippen LogP contribution in [0.15, 0.2) is 59.1 Å². The fourth-order valence-electron chi connectivity index (χ4n) is 2.11. The molecule has 0 aliphatic rings. The number of halogens is 2. The maximum Gasteiger partial charge on any atom is 0.128 e. The summed E-state index contributed by atoms with van der Waals surface area (Å²) < 4.78 is 6.87. The Labute approximate surface area is 136 Å². The Morgan fingerprint density at radius 2 is 1.57 bits per heavy atom. The average molecular weight is 364 g/mol. The van der Waals surface area contributed by atoms with Crippen molar-refractivity contribution in [3.05, 3.63) is 69.7 Å². The van der Waals surface area contributed by atoms with Gasteiger partial charge in [-0.25, -0.2) is 0 Å². The normalized spacial score (nSPS) is 10.8. The van der Waals surface area contributed by atoms with Crippen molar-refractivity contribution in [2.45, 2.75) is 6.61 Å². The Hall–Kier alpha value is -1.55. The van der Waals surface area contributed by atoms with Gasteiger partial charge in [0.2, 0.25) is 0 Å². The van der Waals surface area contributed by atoms with E-state index in [-0.39, 0.29) is 6.61 Å². The third-order valence-electron chi connectivity index (χ3n) is 3.20. The monoisotopic (exact) mass is 362 g/mol. The van der Waals surface area contributed by atoms with E-state index < -0.39 is 0 Å².